The topological polar surface area (TPSA) is 38.0 Å². The highest BCUT2D eigenvalue weighted by atomic mass is 79.9. The molecule has 0 amide bonds. The Morgan fingerprint density at radius 1 is 1.50 bits per heavy atom. The number of hydrazine groups is 1. The van der Waals surface area contributed by atoms with E-state index in [4.69, 9.17) is 17.4 Å². The zero-order valence-electron chi connectivity index (χ0n) is 10.6. The van der Waals surface area contributed by atoms with Crippen LogP contribution >= 0.6 is 27.5 Å². The summed E-state index contributed by atoms with van der Waals surface area (Å²) in [5, 5.41) is 0.815. The van der Waals surface area contributed by atoms with Gasteiger partial charge in [-0.2, -0.15) is 0 Å². The van der Waals surface area contributed by atoms with Crippen molar-refractivity contribution in [2.45, 2.75) is 38.6 Å². The Bertz CT molecular complexity index is 411. The van der Waals surface area contributed by atoms with Gasteiger partial charge in [0.25, 0.3) is 0 Å². The molecule has 0 spiro atoms. The lowest BCUT2D eigenvalue weighted by Gasteiger charge is -2.26. The van der Waals surface area contributed by atoms with Gasteiger partial charge in [-0.05, 0) is 42.4 Å². The minimum Gasteiger partial charge on any atom is -0.271 e. The van der Waals surface area contributed by atoms with E-state index in [1.54, 1.807) is 0 Å². The molecule has 0 bridgehead atoms. The first-order valence-electron chi connectivity index (χ1n) is 6.52. The molecule has 1 aliphatic rings. The molecule has 1 aromatic rings. The maximum Gasteiger partial charge on any atom is 0.0449 e. The van der Waals surface area contributed by atoms with Crippen LogP contribution in [0.1, 0.15) is 31.7 Å². The molecule has 100 valence electrons. The van der Waals surface area contributed by atoms with Gasteiger partial charge in [-0.3, -0.25) is 11.3 Å². The molecule has 2 nitrogen and oxygen atoms in total. The molecule has 1 fully saturated rings. The van der Waals surface area contributed by atoms with Crippen molar-refractivity contribution in [1.29, 1.82) is 0 Å². The molecule has 0 heterocycles. The van der Waals surface area contributed by atoms with Gasteiger partial charge in [0, 0.05) is 15.5 Å². The second-order valence-electron chi connectivity index (χ2n) is 5.29. The summed E-state index contributed by atoms with van der Waals surface area (Å²) in [6.07, 6.45) is 4.80. The molecular weight excluding hydrogens is 312 g/mol. The molecule has 1 aromatic carbocycles. The van der Waals surface area contributed by atoms with Crippen LogP contribution in [0, 0.1) is 11.8 Å². The molecule has 1 aliphatic carbocycles. The third-order valence-electron chi connectivity index (χ3n) is 4.11. The standard InChI is InChI=1S/C14H20BrClN2/c1-9-3-2-4-12(9)14(18-17)7-10-5-6-11(15)8-13(10)16/h5-6,8-9,12,14,18H,2-4,7,17H2,1H3. The van der Waals surface area contributed by atoms with Crippen LogP contribution in [-0.2, 0) is 6.42 Å². The number of hydrogen-bond donors (Lipinski definition) is 2. The van der Waals surface area contributed by atoms with Crippen LogP contribution in [0.5, 0.6) is 0 Å². The minimum absolute atomic E-state index is 0.321. The molecule has 0 radical (unpaired) electrons. The number of nitrogens with one attached hydrogen (secondary N) is 1. The molecule has 1 saturated carbocycles. The molecule has 0 aromatic heterocycles. The predicted molar refractivity (Wildman–Crippen MR) is 80.5 cm³/mol. The third-order valence-corrected chi connectivity index (χ3v) is 4.96. The van der Waals surface area contributed by atoms with Crippen LogP contribution in [0.4, 0.5) is 0 Å². The van der Waals surface area contributed by atoms with Crippen LogP contribution in [0.25, 0.3) is 0 Å². The minimum atomic E-state index is 0.321. The molecule has 3 atom stereocenters. The molecule has 3 N–H and O–H groups in total. The second kappa shape index (κ2) is 6.38. The average Bonchev–Trinajstić information content (AvgIpc) is 2.75. The van der Waals surface area contributed by atoms with Gasteiger partial charge in [0.05, 0.1) is 0 Å². The fraction of sp³-hybridized carbons (Fsp3) is 0.571. The Morgan fingerprint density at radius 3 is 2.83 bits per heavy atom. The molecular formula is C14H20BrClN2. The first kappa shape index (κ1) is 14.3. The van der Waals surface area contributed by atoms with E-state index < -0.39 is 0 Å². The van der Waals surface area contributed by atoms with E-state index in [9.17, 15) is 0 Å². The second-order valence-corrected chi connectivity index (χ2v) is 6.61. The van der Waals surface area contributed by atoms with Crippen LogP contribution in [-0.4, -0.2) is 6.04 Å². The summed E-state index contributed by atoms with van der Waals surface area (Å²) >= 11 is 9.71. The van der Waals surface area contributed by atoms with E-state index in [0.717, 1.165) is 21.8 Å². The zero-order valence-corrected chi connectivity index (χ0v) is 13.0. The smallest absolute Gasteiger partial charge is 0.0449 e. The Labute approximate surface area is 122 Å². The summed E-state index contributed by atoms with van der Waals surface area (Å²) in [4.78, 5) is 0. The SMILES string of the molecule is CC1CCCC1C(Cc1ccc(Br)cc1Cl)NN. The fourth-order valence-corrected chi connectivity index (χ4v) is 3.78. The highest BCUT2D eigenvalue weighted by molar-refractivity contribution is 9.10. The van der Waals surface area contributed by atoms with Crippen molar-refractivity contribution in [3.05, 3.63) is 33.3 Å². The fourth-order valence-electron chi connectivity index (χ4n) is 3.03. The lowest BCUT2D eigenvalue weighted by molar-refractivity contribution is 0.297. The van der Waals surface area contributed by atoms with Gasteiger partial charge in [-0.1, -0.05) is 53.4 Å². The van der Waals surface area contributed by atoms with Crippen LogP contribution in [0.2, 0.25) is 5.02 Å². The van der Waals surface area contributed by atoms with Crippen molar-refractivity contribution in [1.82, 2.24) is 5.43 Å². The summed E-state index contributed by atoms with van der Waals surface area (Å²) in [6, 6.07) is 6.38. The summed E-state index contributed by atoms with van der Waals surface area (Å²) in [5.74, 6) is 7.15. The van der Waals surface area contributed by atoms with E-state index in [2.05, 4.69) is 34.3 Å². The lowest BCUT2D eigenvalue weighted by Crippen LogP contribution is -2.43. The van der Waals surface area contributed by atoms with Crippen molar-refractivity contribution in [2.75, 3.05) is 0 Å². The highest BCUT2D eigenvalue weighted by Gasteiger charge is 2.30. The van der Waals surface area contributed by atoms with E-state index in [1.807, 2.05) is 12.1 Å². The van der Waals surface area contributed by atoms with E-state index >= 15 is 0 Å². The van der Waals surface area contributed by atoms with Gasteiger partial charge < -0.3 is 0 Å². The van der Waals surface area contributed by atoms with E-state index in [-0.39, 0.29) is 0 Å². The number of halogens is 2. The van der Waals surface area contributed by atoms with Crippen molar-refractivity contribution in [3.8, 4) is 0 Å². The number of hydrogen-bond acceptors (Lipinski definition) is 2. The van der Waals surface area contributed by atoms with Crippen molar-refractivity contribution >= 4 is 27.5 Å². The zero-order chi connectivity index (χ0) is 13.1. The predicted octanol–water partition coefficient (Wildman–Crippen LogP) is 3.91. The summed E-state index contributed by atoms with van der Waals surface area (Å²) < 4.78 is 1.02. The number of rotatable bonds is 4. The monoisotopic (exact) mass is 330 g/mol. The van der Waals surface area contributed by atoms with Gasteiger partial charge in [-0.15, -0.1) is 0 Å². The molecule has 0 aliphatic heterocycles. The Hall–Kier alpha value is -0.0900. The maximum atomic E-state index is 6.28. The van der Waals surface area contributed by atoms with Crippen molar-refractivity contribution in [2.24, 2.45) is 17.7 Å². The Balaban J connectivity index is 2.10. The first-order chi connectivity index (χ1) is 8.61. The normalized spacial score (nSPS) is 25.3. The highest BCUT2D eigenvalue weighted by Crippen LogP contribution is 2.35. The van der Waals surface area contributed by atoms with Gasteiger partial charge in [0.2, 0.25) is 0 Å². The average molecular weight is 332 g/mol. The quantitative estimate of drug-likeness (QED) is 0.648. The molecule has 4 heteroatoms. The summed E-state index contributed by atoms with van der Waals surface area (Å²) in [5.41, 5.74) is 4.16. The number of benzene rings is 1. The molecule has 0 saturated heterocycles. The summed E-state index contributed by atoms with van der Waals surface area (Å²) in [7, 11) is 0. The Morgan fingerprint density at radius 2 is 2.28 bits per heavy atom. The molecule has 18 heavy (non-hydrogen) atoms. The summed E-state index contributed by atoms with van der Waals surface area (Å²) in [6.45, 7) is 2.32. The van der Waals surface area contributed by atoms with E-state index in [0.29, 0.717) is 12.0 Å². The van der Waals surface area contributed by atoms with Crippen LogP contribution < -0.4 is 11.3 Å². The van der Waals surface area contributed by atoms with Crippen LogP contribution in [0.15, 0.2) is 22.7 Å². The lowest BCUT2D eigenvalue weighted by atomic mass is 9.87. The largest absolute Gasteiger partial charge is 0.271 e. The van der Waals surface area contributed by atoms with Crippen molar-refractivity contribution in [3.63, 3.8) is 0 Å². The van der Waals surface area contributed by atoms with Gasteiger partial charge >= 0.3 is 0 Å². The maximum absolute atomic E-state index is 6.28. The molecule has 2 rings (SSSR count). The van der Waals surface area contributed by atoms with Crippen molar-refractivity contribution < 1.29 is 0 Å². The van der Waals surface area contributed by atoms with E-state index in [1.165, 1.54) is 24.8 Å². The first-order valence-corrected chi connectivity index (χ1v) is 7.69. The molecule has 3 unspecified atom stereocenters. The third kappa shape index (κ3) is 3.27. The number of nitrogens with two attached hydrogens (primary N) is 1. The van der Waals surface area contributed by atoms with Gasteiger partial charge in [0.15, 0.2) is 0 Å². The van der Waals surface area contributed by atoms with Gasteiger partial charge in [-0.25, -0.2) is 0 Å². The Kier molecular flexibility index (Phi) is 5.07. The van der Waals surface area contributed by atoms with Crippen LogP contribution in [0.3, 0.4) is 0 Å². The van der Waals surface area contributed by atoms with Gasteiger partial charge in [0.1, 0.15) is 0 Å².